The van der Waals surface area contributed by atoms with Gasteiger partial charge in [-0.15, -0.1) is 0 Å². The molecule has 2 rings (SSSR count). The van der Waals surface area contributed by atoms with E-state index in [1.165, 1.54) is 23.3 Å². The normalized spacial score (nSPS) is 12.4. The Labute approximate surface area is 131 Å². The maximum atomic E-state index is 13.6. The monoisotopic (exact) mass is 305 g/mol. The molecule has 0 amide bonds. The summed E-state index contributed by atoms with van der Waals surface area (Å²) < 4.78 is 13.6. The molecule has 1 N–H and O–H groups in total. The molecule has 1 atom stereocenters. The molecular weight excluding hydrogens is 285 g/mol. The van der Waals surface area contributed by atoms with Crippen LogP contribution in [0.4, 0.5) is 4.39 Å². The Morgan fingerprint density at radius 1 is 1.10 bits per heavy atom. The average Bonchev–Trinajstić information content (AvgIpc) is 2.51. The van der Waals surface area contributed by atoms with Gasteiger partial charge >= 0.3 is 0 Å². The quantitative estimate of drug-likeness (QED) is 0.780. The number of benzene rings is 2. The summed E-state index contributed by atoms with van der Waals surface area (Å²) in [6, 6.07) is 12.7. The molecule has 1 unspecified atom stereocenters. The Kier molecular flexibility index (Phi) is 5.77. The van der Waals surface area contributed by atoms with Gasteiger partial charge in [-0.1, -0.05) is 49.7 Å². The second kappa shape index (κ2) is 7.58. The van der Waals surface area contributed by atoms with Crippen LogP contribution in [0, 0.1) is 5.82 Å². The first kappa shape index (κ1) is 16.0. The van der Waals surface area contributed by atoms with Crippen molar-refractivity contribution in [2.75, 3.05) is 6.54 Å². The van der Waals surface area contributed by atoms with Gasteiger partial charge in [0, 0.05) is 5.02 Å². The van der Waals surface area contributed by atoms with Crippen LogP contribution in [0.2, 0.25) is 5.02 Å². The van der Waals surface area contributed by atoms with E-state index in [0.717, 1.165) is 24.9 Å². The third-order valence-corrected chi connectivity index (χ3v) is 3.96. The topological polar surface area (TPSA) is 12.0 Å². The molecule has 0 radical (unpaired) electrons. The van der Waals surface area contributed by atoms with Crippen LogP contribution in [0.3, 0.4) is 0 Å². The summed E-state index contributed by atoms with van der Waals surface area (Å²) in [5.74, 6) is -0.258. The lowest BCUT2D eigenvalue weighted by molar-refractivity contribution is 0.583. The van der Waals surface area contributed by atoms with Gasteiger partial charge in [0.1, 0.15) is 5.82 Å². The number of halogens is 2. The lowest BCUT2D eigenvalue weighted by atomic mass is 9.93. The molecule has 0 heterocycles. The maximum Gasteiger partial charge on any atom is 0.123 e. The number of aryl methyl sites for hydroxylation is 1. The van der Waals surface area contributed by atoms with Gasteiger partial charge in [0.05, 0.1) is 6.04 Å². The zero-order valence-corrected chi connectivity index (χ0v) is 13.3. The minimum absolute atomic E-state index is 0.0794. The van der Waals surface area contributed by atoms with Crippen LogP contribution in [0.25, 0.3) is 0 Å². The van der Waals surface area contributed by atoms with Crippen molar-refractivity contribution in [3.05, 3.63) is 70.0 Å². The Morgan fingerprint density at radius 3 is 2.57 bits per heavy atom. The van der Waals surface area contributed by atoms with Crippen LogP contribution in [0.15, 0.2) is 42.5 Å². The number of rotatable bonds is 6. The molecule has 0 aliphatic carbocycles. The van der Waals surface area contributed by atoms with Crippen molar-refractivity contribution in [2.45, 2.75) is 32.7 Å². The Bertz CT molecular complexity index is 598. The molecule has 0 saturated heterocycles. The molecule has 0 aliphatic heterocycles. The van der Waals surface area contributed by atoms with E-state index in [0.29, 0.717) is 5.02 Å². The van der Waals surface area contributed by atoms with Crippen LogP contribution in [0.1, 0.15) is 43.0 Å². The average molecular weight is 306 g/mol. The van der Waals surface area contributed by atoms with Crippen LogP contribution in [-0.2, 0) is 6.42 Å². The second-order valence-electron chi connectivity index (χ2n) is 5.11. The molecule has 3 heteroatoms. The van der Waals surface area contributed by atoms with Crippen molar-refractivity contribution in [3.8, 4) is 0 Å². The van der Waals surface area contributed by atoms with Gasteiger partial charge < -0.3 is 5.32 Å². The molecular formula is C18H21ClFN. The zero-order valence-electron chi connectivity index (χ0n) is 12.5. The van der Waals surface area contributed by atoms with Gasteiger partial charge in [0.25, 0.3) is 0 Å². The predicted octanol–water partition coefficient (Wildman–Crippen LogP) is 5.13. The minimum atomic E-state index is -0.258. The first-order valence-electron chi connectivity index (χ1n) is 7.43. The summed E-state index contributed by atoms with van der Waals surface area (Å²) in [6.07, 6.45) is 1.95. The van der Waals surface area contributed by atoms with Crippen LogP contribution < -0.4 is 5.32 Å². The van der Waals surface area contributed by atoms with E-state index in [2.05, 4.69) is 31.3 Å². The van der Waals surface area contributed by atoms with Crippen molar-refractivity contribution >= 4 is 11.6 Å². The van der Waals surface area contributed by atoms with E-state index in [-0.39, 0.29) is 11.9 Å². The third-order valence-electron chi connectivity index (χ3n) is 3.61. The molecule has 2 aromatic rings. The lowest BCUT2D eigenvalue weighted by Crippen LogP contribution is -2.24. The van der Waals surface area contributed by atoms with Crippen molar-refractivity contribution in [1.29, 1.82) is 0 Å². The first-order chi connectivity index (χ1) is 10.2. The summed E-state index contributed by atoms with van der Waals surface area (Å²) >= 11 is 6.31. The van der Waals surface area contributed by atoms with Crippen LogP contribution in [0.5, 0.6) is 0 Å². The molecule has 0 bridgehead atoms. The predicted molar refractivity (Wildman–Crippen MR) is 87.4 cm³/mol. The molecule has 0 fully saturated rings. The highest BCUT2D eigenvalue weighted by Gasteiger charge is 2.19. The molecule has 1 nitrogen and oxygen atoms in total. The highest BCUT2D eigenvalue weighted by molar-refractivity contribution is 6.31. The third kappa shape index (κ3) is 3.84. The number of hydrogen-bond donors (Lipinski definition) is 1. The largest absolute Gasteiger partial charge is 0.306 e. The highest BCUT2D eigenvalue weighted by atomic mass is 35.5. The van der Waals surface area contributed by atoms with E-state index >= 15 is 0 Å². The lowest BCUT2D eigenvalue weighted by Gasteiger charge is -2.23. The molecule has 0 aromatic heterocycles. The zero-order chi connectivity index (χ0) is 15.2. The van der Waals surface area contributed by atoms with Crippen molar-refractivity contribution in [1.82, 2.24) is 5.32 Å². The van der Waals surface area contributed by atoms with Gasteiger partial charge in [0.15, 0.2) is 0 Å². The fourth-order valence-electron chi connectivity index (χ4n) is 2.55. The van der Waals surface area contributed by atoms with E-state index in [4.69, 9.17) is 11.6 Å². The standard InChI is InChI=1S/C18H21ClFN/c1-3-11-21-18(15-8-6-5-7-13(15)4-2)16-12-14(20)9-10-17(16)19/h5-10,12,18,21H,3-4,11H2,1-2H3. The maximum absolute atomic E-state index is 13.6. The summed E-state index contributed by atoms with van der Waals surface area (Å²) in [6.45, 7) is 5.10. The van der Waals surface area contributed by atoms with Gasteiger partial charge in [0.2, 0.25) is 0 Å². The Balaban J connectivity index is 2.49. The number of nitrogens with one attached hydrogen (secondary N) is 1. The van der Waals surface area contributed by atoms with Crippen molar-refractivity contribution < 1.29 is 4.39 Å². The second-order valence-corrected chi connectivity index (χ2v) is 5.51. The Hall–Kier alpha value is -1.38. The summed E-state index contributed by atoms with van der Waals surface area (Å²) in [7, 11) is 0. The van der Waals surface area contributed by atoms with Crippen LogP contribution in [-0.4, -0.2) is 6.54 Å². The summed E-state index contributed by atoms with van der Waals surface area (Å²) in [4.78, 5) is 0. The van der Waals surface area contributed by atoms with Crippen molar-refractivity contribution in [3.63, 3.8) is 0 Å². The highest BCUT2D eigenvalue weighted by Crippen LogP contribution is 2.31. The van der Waals surface area contributed by atoms with Gasteiger partial charge in [-0.05, 0) is 54.3 Å². The first-order valence-corrected chi connectivity index (χ1v) is 7.81. The van der Waals surface area contributed by atoms with Gasteiger partial charge in [-0.3, -0.25) is 0 Å². The molecule has 112 valence electrons. The number of hydrogen-bond acceptors (Lipinski definition) is 1. The van der Waals surface area contributed by atoms with Crippen molar-refractivity contribution in [2.24, 2.45) is 0 Å². The fraction of sp³-hybridized carbons (Fsp3) is 0.333. The smallest absolute Gasteiger partial charge is 0.123 e. The summed E-state index contributed by atoms with van der Waals surface area (Å²) in [5, 5.41) is 4.09. The molecule has 0 spiro atoms. The fourth-order valence-corrected chi connectivity index (χ4v) is 2.78. The van der Waals surface area contributed by atoms with E-state index in [1.54, 1.807) is 6.07 Å². The van der Waals surface area contributed by atoms with Gasteiger partial charge in [-0.25, -0.2) is 4.39 Å². The van der Waals surface area contributed by atoms with E-state index < -0.39 is 0 Å². The molecule has 0 saturated carbocycles. The minimum Gasteiger partial charge on any atom is -0.306 e. The SMILES string of the molecule is CCCNC(c1cc(F)ccc1Cl)c1ccccc1CC. The van der Waals surface area contributed by atoms with Gasteiger partial charge in [-0.2, -0.15) is 0 Å². The van der Waals surface area contributed by atoms with E-state index in [1.807, 2.05) is 12.1 Å². The van der Waals surface area contributed by atoms with Crippen LogP contribution >= 0.6 is 11.6 Å². The Morgan fingerprint density at radius 2 is 1.86 bits per heavy atom. The summed E-state index contributed by atoms with van der Waals surface area (Å²) in [5.41, 5.74) is 3.22. The molecule has 21 heavy (non-hydrogen) atoms. The molecule has 2 aromatic carbocycles. The van der Waals surface area contributed by atoms with E-state index in [9.17, 15) is 4.39 Å². The molecule has 0 aliphatic rings.